The van der Waals surface area contributed by atoms with Gasteiger partial charge in [0.05, 0.1) is 20.0 Å². The van der Waals surface area contributed by atoms with Crippen LogP contribution in [0.15, 0.2) is 54.7 Å². The van der Waals surface area contributed by atoms with Gasteiger partial charge in [-0.15, -0.1) is 0 Å². The molecule has 7 nitrogen and oxygen atoms in total. The van der Waals surface area contributed by atoms with Crippen LogP contribution in [0.3, 0.4) is 0 Å². The Balaban J connectivity index is 1.38. The third-order valence-electron chi connectivity index (χ3n) is 7.20. The number of aromatic nitrogens is 1. The summed E-state index contributed by atoms with van der Waals surface area (Å²) in [5.74, 6) is -0.548. The predicted octanol–water partition coefficient (Wildman–Crippen LogP) is 4.96. The van der Waals surface area contributed by atoms with Crippen LogP contribution in [0, 0.1) is 17.6 Å². The Labute approximate surface area is 226 Å². The summed E-state index contributed by atoms with van der Waals surface area (Å²) in [7, 11) is -1.68. The molecule has 3 aromatic rings. The van der Waals surface area contributed by atoms with Gasteiger partial charge in [0.1, 0.15) is 17.4 Å². The van der Waals surface area contributed by atoms with Gasteiger partial charge in [0.2, 0.25) is 15.9 Å². The number of benzene rings is 2. The van der Waals surface area contributed by atoms with E-state index < -0.39 is 21.7 Å². The lowest BCUT2D eigenvalue weighted by Gasteiger charge is -2.30. The van der Waals surface area contributed by atoms with Gasteiger partial charge in [0.15, 0.2) is 5.78 Å². The lowest BCUT2D eigenvalue weighted by molar-refractivity contribution is 0.105. The van der Waals surface area contributed by atoms with E-state index in [0.29, 0.717) is 65.1 Å². The van der Waals surface area contributed by atoms with Crippen LogP contribution < -0.4 is 9.47 Å². The molecule has 1 aromatic heterocycles. The predicted molar refractivity (Wildman–Crippen MR) is 143 cm³/mol. The molecule has 0 radical (unpaired) electrons. The van der Waals surface area contributed by atoms with E-state index in [1.807, 2.05) is 0 Å². The molecule has 39 heavy (non-hydrogen) atoms. The maximum absolute atomic E-state index is 14.2. The van der Waals surface area contributed by atoms with E-state index in [0.717, 1.165) is 25.3 Å². The second kappa shape index (κ2) is 10.9. The molecular formula is C29H28F2N2O5S. The summed E-state index contributed by atoms with van der Waals surface area (Å²) < 4.78 is 64.4. The van der Waals surface area contributed by atoms with Crippen molar-refractivity contribution in [1.29, 1.82) is 0 Å². The van der Waals surface area contributed by atoms with Crippen LogP contribution >= 0.6 is 0 Å². The number of halogens is 2. The molecule has 0 unspecified atom stereocenters. The summed E-state index contributed by atoms with van der Waals surface area (Å²) in [6, 6.07) is 11.6. The molecule has 5 rings (SSSR count). The number of ether oxygens (including phenoxy) is 2. The first-order chi connectivity index (χ1) is 18.6. The zero-order valence-electron chi connectivity index (χ0n) is 21.6. The van der Waals surface area contributed by atoms with Crippen molar-refractivity contribution in [3.63, 3.8) is 0 Å². The Kier molecular flexibility index (Phi) is 7.51. The van der Waals surface area contributed by atoms with Gasteiger partial charge in [-0.3, -0.25) is 4.79 Å². The van der Waals surface area contributed by atoms with Crippen molar-refractivity contribution in [2.24, 2.45) is 5.92 Å². The van der Waals surface area contributed by atoms with Gasteiger partial charge in [0, 0.05) is 53.7 Å². The molecule has 1 aliphatic heterocycles. The van der Waals surface area contributed by atoms with E-state index in [1.54, 1.807) is 30.3 Å². The van der Waals surface area contributed by atoms with Crippen molar-refractivity contribution in [1.82, 2.24) is 9.29 Å². The van der Waals surface area contributed by atoms with Gasteiger partial charge in [-0.25, -0.2) is 26.5 Å². The fourth-order valence-corrected chi connectivity index (χ4v) is 6.07. The quantitative estimate of drug-likeness (QED) is 0.391. The third kappa shape index (κ3) is 5.72. The smallest absolute Gasteiger partial charge is 0.212 e. The number of sulfonamides is 1. The maximum Gasteiger partial charge on any atom is 0.212 e. The molecule has 0 spiro atoms. The number of pyridine rings is 1. The number of hydrogen-bond donors (Lipinski definition) is 0. The van der Waals surface area contributed by atoms with Crippen molar-refractivity contribution in [3.8, 4) is 11.6 Å². The number of carbonyl (C=O) groups excluding carboxylic acids is 1. The minimum absolute atomic E-state index is 0.250. The number of ketones is 1. The SMILES string of the molecule is COc1ccc(C2=C(c3cc(F)cc(F)c3)c3ccc(OCCC4CCN(S(C)(=O)=O)CC4)cc3C2=O)cn1. The molecule has 2 aliphatic rings. The van der Waals surface area contributed by atoms with Crippen LogP contribution in [0.1, 0.15) is 46.3 Å². The molecular weight excluding hydrogens is 526 g/mol. The summed E-state index contributed by atoms with van der Waals surface area (Å²) in [5.41, 5.74) is 2.39. The highest BCUT2D eigenvalue weighted by molar-refractivity contribution is 7.88. The van der Waals surface area contributed by atoms with Gasteiger partial charge in [-0.2, -0.15) is 0 Å². The normalized spacial score (nSPS) is 16.5. The lowest BCUT2D eigenvalue weighted by atomic mass is 9.94. The standard InChI is InChI=1S/C29H28F2N2O5S/c1-37-26-6-3-19(17-32-26)28-27(20-13-21(30)15-22(31)14-20)24-5-4-23(16-25(24)29(28)34)38-12-9-18-7-10-33(11-8-18)39(2,35)36/h3-6,13-18H,7-12H2,1-2H3. The summed E-state index contributed by atoms with van der Waals surface area (Å²) >= 11 is 0. The summed E-state index contributed by atoms with van der Waals surface area (Å²) in [6.07, 6.45) is 5.04. The van der Waals surface area contributed by atoms with Gasteiger partial charge < -0.3 is 9.47 Å². The van der Waals surface area contributed by atoms with Crippen molar-refractivity contribution in [2.45, 2.75) is 19.3 Å². The molecule has 2 aromatic carbocycles. The molecule has 0 atom stereocenters. The first-order valence-corrected chi connectivity index (χ1v) is 14.5. The highest BCUT2D eigenvalue weighted by Crippen LogP contribution is 2.43. The Morgan fingerprint density at radius 2 is 1.67 bits per heavy atom. The highest BCUT2D eigenvalue weighted by atomic mass is 32.2. The van der Waals surface area contributed by atoms with Crippen LogP contribution in [0.25, 0.3) is 11.1 Å². The second-order valence-corrected chi connectivity index (χ2v) is 11.8. The minimum atomic E-state index is -3.17. The molecule has 0 amide bonds. The number of carbonyl (C=O) groups is 1. The molecule has 1 aliphatic carbocycles. The summed E-state index contributed by atoms with van der Waals surface area (Å²) in [4.78, 5) is 17.9. The van der Waals surface area contributed by atoms with E-state index in [-0.39, 0.29) is 11.3 Å². The second-order valence-electron chi connectivity index (χ2n) is 9.78. The molecule has 2 heterocycles. The van der Waals surface area contributed by atoms with Crippen LogP contribution in [0.4, 0.5) is 8.78 Å². The van der Waals surface area contributed by atoms with Crippen LogP contribution in [-0.4, -0.2) is 56.6 Å². The molecule has 10 heteroatoms. The Hall–Kier alpha value is -3.63. The largest absolute Gasteiger partial charge is 0.494 e. The monoisotopic (exact) mass is 554 g/mol. The number of rotatable bonds is 8. The van der Waals surface area contributed by atoms with Gasteiger partial charge in [0.25, 0.3) is 0 Å². The lowest BCUT2D eigenvalue weighted by Crippen LogP contribution is -2.38. The minimum Gasteiger partial charge on any atom is -0.494 e. The number of methoxy groups -OCH3 is 1. The fourth-order valence-electron chi connectivity index (χ4n) is 5.20. The molecule has 0 saturated carbocycles. The van der Waals surface area contributed by atoms with Crippen molar-refractivity contribution < 1.29 is 31.5 Å². The van der Waals surface area contributed by atoms with Crippen molar-refractivity contribution in [2.75, 3.05) is 33.1 Å². The van der Waals surface area contributed by atoms with E-state index in [9.17, 15) is 22.0 Å². The number of piperidine rings is 1. The van der Waals surface area contributed by atoms with Crippen molar-refractivity contribution in [3.05, 3.63) is 88.6 Å². The number of hydrogen-bond acceptors (Lipinski definition) is 6. The number of allylic oxidation sites excluding steroid dienone is 1. The van der Waals surface area contributed by atoms with Crippen LogP contribution in [0.2, 0.25) is 0 Å². The van der Waals surface area contributed by atoms with Gasteiger partial charge in [-0.1, -0.05) is 0 Å². The molecule has 0 bridgehead atoms. The van der Waals surface area contributed by atoms with E-state index >= 15 is 0 Å². The average Bonchev–Trinajstić information content (AvgIpc) is 3.19. The van der Waals surface area contributed by atoms with E-state index in [1.165, 1.54) is 36.0 Å². The Morgan fingerprint density at radius 1 is 0.949 bits per heavy atom. The van der Waals surface area contributed by atoms with Gasteiger partial charge in [-0.05, 0) is 72.7 Å². The highest BCUT2D eigenvalue weighted by Gasteiger charge is 2.33. The third-order valence-corrected chi connectivity index (χ3v) is 8.51. The van der Waals surface area contributed by atoms with Crippen LogP contribution in [-0.2, 0) is 10.0 Å². The van der Waals surface area contributed by atoms with E-state index in [4.69, 9.17) is 9.47 Å². The molecule has 1 saturated heterocycles. The first-order valence-electron chi connectivity index (χ1n) is 12.6. The number of Topliss-reactive ketones (excluding diaryl/α,β-unsaturated/α-hetero) is 1. The molecule has 204 valence electrons. The summed E-state index contributed by atoms with van der Waals surface area (Å²) in [5, 5.41) is 0. The first kappa shape index (κ1) is 27.0. The molecule has 1 fully saturated rings. The number of fused-ring (bicyclic) bond motifs is 1. The Morgan fingerprint density at radius 3 is 2.28 bits per heavy atom. The average molecular weight is 555 g/mol. The van der Waals surface area contributed by atoms with Crippen LogP contribution in [0.5, 0.6) is 11.6 Å². The fraction of sp³-hybridized carbons (Fsp3) is 0.310. The molecule has 0 N–H and O–H groups in total. The number of nitrogens with zero attached hydrogens (tertiary/aromatic N) is 2. The maximum atomic E-state index is 14.2. The summed E-state index contributed by atoms with van der Waals surface area (Å²) in [6.45, 7) is 1.44. The zero-order valence-corrected chi connectivity index (χ0v) is 22.4. The Bertz CT molecular complexity index is 1530. The zero-order chi connectivity index (χ0) is 27.7. The van der Waals surface area contributed by atoms with E-state index in [2.05, 4.69) is 4.98 Å². The van der Waals surface area contributed by atoms with Gasteiger partial charge >= 0.3 is 0 Å². The topological polar surface area (TPSA) is 85.8 Å². The van der Waals surface area contributed by atoms with Crippen molar-refractivity contribution >= 4 is 27.0 Å².